The lowest BCUT2D eigenvalue weighted by Gasteiger charge is -2.06. The Bertz CT molecular complexity index is 370. The molecule has 4 nitrogen and oxygen atoms in total. The third kappa shape index (κ3) is 5.63. The smallest absolute Gasteiger partial charge is 0.194 e. The van der Waals surface area contributed by atoms with Crippen molar-refractivity contribution in [3.8, 4) is 0 Å². The van der Waals surface area contributed by atoms with E-state index < -0.39 is 0 Å². The Morgan fingerprint density at radius 3 is 3.05 bits per heavy atom. The van der Waals surface area contributed by atoms with Gasteiger partial charge in [-0.3, -0.25) is 0 Å². The zero-order valence-electron chi connectivity index (χ0n) is 12.9. The second-order valence-electron chi connectivity index (χ2n) is 6.10. The Balaban J connectivity index is 1.59. The summed E-state index contributed by atoms with van der Waals surface area (Å²) in [5, 5.41) is 3.44. The minimum absolute atomic E-state index is 0.434. The van der Waals surface area contributed by atoms with Gasteiger partial charge in [0.05, 0.1) is 12.3 Å². The van der Waals surface area contributed by atoms with Crippen molar-refractivity contribution in [1.82, 2.24) is 10.3 Å². The SMILES string of the molecule is CC(C)CNCCCc1ncc(CCC2CCCO2)o1. The van der Waals surface area contributed by atoms with Crippen molar-refractivity contribution in [3.05, 3.63) is 17.8 Å². The molecule has 114 valence electrons. The van der Waals surface area contributed by atoms with E-state index in [1.54, 1.807) is 0 Å². The van der Waals surface area contributed by atoms with Gasteiger partial charge in [-0.1, -0.05) is 13.8 Å². The van der Waals surface area contributed by atoms with E-state index in [-0.39, 0.29) is 0 Å². The molecular weight excluding hydrogens is 252 g/mol. The summed E-state index contributed by atoms with van der Waals surface area (Å²) >= 11 is 0. The molecule has 0 saturated carbocycles. The molecule has 0 aliphatic carbocycles. The molecule has 2 rings (SSSR count). The fourth-order valence-corrected chi connectivity index (χ4v) is 2.51. The van der Waals surface area contributed by atoms with Crippen molar-refractivity contribution in [2.45, 2.75) is 58.5 Å². The van der Waals surface area contributed by atoms with Crippen LogP contribution in [-0.4, -0.2) is 30.8 Å². The van der Waals surface area contributed by atoms with Crippen LogP contribution in [0.15, 0.2) is 10.6 Å². The van der Waals surface area contributed by atoms with E-state index in [1.807, 2.05) is 6.20 Å². The van der Waals surface area contributed by atoms with Crippen LogP contribution >= 0.6 is 0 Å². The summed E-state index contributed by atoms with van der Waals surface area (Å²) in [7, 11) is 0. The Morgan fingerprint density at radius 2 is 2.30 bits per heavy atom. The summed E-state index contributed by atoms with van der Waals surface area (Å²) in [5.74, 6) is 2.59. The molecule has 0 spiro atoms. The number of aryl methyl sites for hydroxylation is 2. The first-order valence-corrected chi connectivity index (χ1v) is 8.00. The Morgan fingerprint density at radius 1 is 1.40 bits per heavy atom. The Hall–Kier alpha value is -0.870. The summed E-state index contributed by atoms with van der Waals surface area (Å²) < 4.78 is 11.4. The van der Waals surface area contributed by atoms with Gasteiger partial charge in [-0.15, -0.1) is 0 Å². The fourth-order valence-electron chi connectivity index (χ4n) is 2.51. The molecule has 1 aromatic heterocycles. The molecule has 4 heteroatoms. The van der Waals surface area contributed by atoms with Gasteiger partial charge in [0, 0.05) is 19.4 Å². The summed E-state index contributed by atoms with van der Waals surface area (Å²) in [6.45, 7) is 7.49. The number of aromatic nitrogens is 1. The van der Waals surface area contributed by atoms with Gasteiger partial charge in [0.1, 0.15) is 5.76 Å². The molecule has 1 saturated heterocycles. The second-order valence-corrected chi connectivity index (χ2v) is 6.10. The molecule has 0 bridgehead atoms. The highest BCUT2D eigenvalue weighted by atomic mass is 16.5. The number of nitrogens with zero attached hydrogens (tertiary/aromatic N) is 1. The molecule has 1 aromatic rings. The molecule has 1 aliphatic rings. The monoisotopic (exact) mass is 280 g/mol. The molecule has 0 amide bonds. The average molecular weight is 280 g/mol. The standard InChI is InChI=1S/C16H28N2O2/c1-13(2)11-17-9-3-6-16-18-12-15(20-16)8-7-14-5-4-10-19-14/h12-14,17H,3-11H2,1-2H3. The van der Waals surface area contributed by atoms with Crippen LogP contribution in [0, 0.1) is 5.92 Å². The highest BCUT2D eigenvalue weighted by molar-refractivity contribution is 4.95. The van der Waals surface area contributed by atoms with Crippen LogP contribution in [-0.2, 0) is 17.6 Å². The van der Waals surface area contributed by atoms with Crippen LogP contribution in [0.25, 0.3) is 0 Å². The molecule has 1 fully saturated rings. The third-order valence-electron chi connectivity index (χ3n) is 3.63. The van der Waals surface area contributed by atoms with Gasteiger partial charge in [-0.25, -0.2) is 4.98 Å². The minimum atomic E-state index is 0.434. The van der Waals surface area contributed by atoms with E-state index in [0.717, 1.165) is 57.0 Å². The Labute approximate surface area is 122 Å². The summed E-state index contributed by atoms with van der Waals surface area (Å²) in [6.07, 6.45) is 8.73. The number of oxazole rings is 1. The van der Waals surface area contributed by atoms with Crippen LogP contribution in [0.4, 0.5) is 0 Å². The van der Waals surface area contributed by atoms with E-state index in [1.165, 1.54) is 12.8 Å². The van der Waals surface area contributed by atoms with Gasteiger partial charge in [-0.2, -0.15) is 0 Å². The second kappa shape index (κ2) is 8.42. The zero-order chi connectivity index (χ0) is 14.2. The molecular formula is C16H28N2O2. The summed E-state index contributed by atoms with van der Waals surface area (Å²) in [5.41, 5.74) is 0. The van der Waals surface area contributed by atoms with Crippen LogP contribution in [0.5, 0.6) is 0 Å². The van der Waals surface area contributed by atoms with Crippen LogP contribution in [0.2, 0.25) is 0 Å². The lowest BCUT2D eigenvalue weighted by Crippen LogP contribution is -2.21. The molecule has 1 atom stereocenters. The normalized spacial score (nSPS) is 19.1. The first-order chi connectivity index (χ1) is 9.74. The largest absolute Gasteiger partial charge is 0.446 e. The van der Waals surface area contributed by atoms with Gasteiger partial charge in [0.15, 0.2) is 5.89 Å². The first kappa shape index (κ1) is 15.5. The maximum atomic E-state index is 5.78. The number of ether oxygens (including phenoxy) is 1. The first-order valence-electron chi connectivity index (χ1n) is 8.00. The van der Waals surface area contributed by atoms with Crippen molar-refractivity contribution < 1.29 is 9.15 Å². The van der Waals surface area contributed by atoms with Crippen molar-refractivity contribution >= 4 is 0 Å². The van der Waals surface area contributed by atoms with E-state index in [2.05, 4.69) is 24.1 Å². The van der Waals surface area contributed by atoms with Crippen LogP contribution in [0.1, 0.15) is 51.2 Å². The van der Waals surface area contributed by atoms with Gasteiger partial charge in [0.2, 0.25) is 0 Å². The average Bonchev–Trinajstić information content (AvgIpc) is 3.07. The van der Waals surface area contributed by atoms with Gasteiger partial charge in [0.25, 0.3) is 0 Å². The van der Waals surface area contributed by atoms with E-state index in [4.69, 9.17) is 9.15 Å². The van der Waals surface area contributed by atoms with Crippen molar-refractivity contribution in [1.29, 1.82) is 0 Å². The molecule has 20 heavy (non-hydrogen) atoms. The zero-order valence-corrected chi connectivity index (χ0v) is 12.9. The van der Waals surface area contributed by atoms with Gasteiger partial charge in [-0.05, 0) is 44.7 Å². The van der Waals surface area contributed by atoms with Crippen LogP contribution < -0.4 is 5.32 Å². The highest BCUT2D eigenvalue weighted by Crippen LogP contribution is 2.18. The maximum absolute atomic E-state index is 5.78. The predicted molar refractivity (Wildman–Crippen MR) is 79.8 cm³/mol. The van der Waals surface area contributed by atoms with E-state index in [9.17, 15) is 0 Å². The van der Waals surface area contributed by atoms with E-state index >= 15 is 0 Å². The third-order valence-corrected chi connectivity index (χ3v) is 3.63. The summed E-state index contributed by atoms with van der Waals surface area (Å²) in [6, 6.07) is 0. The van der Waals surface area contributed by atoms with Crippen molar-refractivity contribution in [3.63, 3.8) is 0 Å². The Kier molecular flexibility index (Phi) is 6.54. The fraction of sp³-hybridized carbons (Fsp3) is 0.812. The quantitative estimate of drug-likeness (QED) is 0.706. The molecule has 1 N–H and O–H groups in total. The lowest BCUT2D eigenvalue weighted by atomic mass is 10.1. The predicted octanol–water partition coefficient (Wildman–Crippen LogP) is 2.96. The molecule has 1 aliphatic heterocycles. The van der Waals surface area contributed by atoms with Crippen molar-refractivity contribution in [2.24, 2.45) is 5.92 Å². The lowest BCUT2D eigenvalue weighted by molar-refractivity contribution is 0.103. The number of rotatable bonds is 9. The molecule has 2 heterocycles. The number of hydrogen-bond acceptors (Lipinski definition) is 4. The van der Waals surface area contributed by atoms with Gasteiger partial charge >= 0.3 is 0 Å². The molecule has 0 radical (unpaired) electrons. The molecule has 0 aromatic carbocycles. The van der Waals surface area contributed by atoms with Crippen molar-refractivity contribution in [2.75, 3.05) is 19.7 Å². The maximum Gasteiger partial charge on any atom is 0.194 e. The number of nitrogens with one attached hydrogen (secondary N) is 1. The van der Waals surface area contributed by atoms with Gasteiger partial charge < -0.3 is 14.5 Å². The highest BCUT2D eigenvalue weighted by Gasteiger charge is 2.16. The number of hydrogen-bond donors (Lipinski definition) is 1. The minimum Gasteiger partial charge on any atom is -0.446 e. The summed E-state index contributed by atoms with van der Waals surface area (Å²) in [4.78, 5) is 4.36. The topological polar surface area (TPSA) is 47.3 Å². The van der Waals surface area contributed by atoms with Crippen LogP contribution in [0.3, 0.4) is 0 Å². The van der Waals surface area contributed by atoms with E-state index in [0.29, 0.717) is 12.0 Å². The molecule has 1 unspecified atom stereocenters.